The van der Waals surface area contributed by atoms with Crippen LogP contribution < -0.4 is 0 Å². The van der Waals surface area contributed by atoms with Crippen molar-refractivity contribution in [2.75, 3.05) is 0 Å². The molecule has 0 radical (unpaired) electrons. The summed E-state index contributed by atoms with van der Waals surface area (Å²) in [6, 6.07) is 8.07. The van der Waals surface area contributed by atoms with E-state index < -0.39 is 17.6 Å². The van der Waals surface area contributed by atoms with Gasteiger partial charge in [-0.05, 0) is 12.1 Å². The van der Waals surface area contributed by atoms with E-state index in [1.165, 1.54) is 6.07 Å². The molecule has 0 aliphatic heterocycles. The van der Waals surface area contributed by atoms with E-state index in [-0.39, 0.29) is 11.0 Å². The van der Waals surface area contributed by atoms with Crippen LogP contribution in [0.4, 0.5) is 0 Å². The molecule has 0 unspecified atom stereocenters. The molecule has 17 heavy (non-hydrogen) atoms. The van der Waals surface area contributed by atoms with Gasteiger partial charge in [-0.25, -0.2) is 14.6 Å². The fraction of sp³-hybridized carbons (Fsp3) is 0. The van der Waals surface area contributed by atoms with Gasteiger partial charge in [0.1, 0.15) is 0 Å². The summed E-state index contributed by atoms with van der Waals surface area (Å²) in [6.07, 6.45) is 0. The molecule has 6 heteroatoms. The molecule has 4 N–H and O–H groups in total. The van der Waals surface area contributed by atoms with Gasteiger partial charge in [0.05, 0.1) is 11.1 Å². The quantitative estimate of drug-likeness (QED) is 0.797. The third-order valence-electron chi connectivity index (χ3n) is 2.16. The number of hydrogen-bond acceptors (Lipinski definition) is 3. The van der Waals surface area contributed by atoms with Crippen molar-refractivity contribution >= 4 is 22.8 Å². The molecule has 1 aromatic carbocycles. The Morgan fingerprint density at radius 1 is 1.06 bits per heavy atom. The molecule has 0 bridgehead atoms. The van der Waals surface area contributed by atoms with E-state index in [0.29, 0.717) is 10.9 Å². The van der Waals surface area contributed by atoms with Gasteiger partial charge < -0.3 is 15.7 Å². The van der Waals surface area contributed by atoms with Crippen LogP contribution in [0.25, 0.3) is 10.9 Å². The second-order valence-corrected chi connectivity index (χ2v) is 3.19. The fourth-order valence-electron chi connectivity index (χ4n) is 1.44. The number of aromatic carboxylic acids is 2. The number of rotatable bonds is 2. The third kappa shape index (κ3) is 2.21. The summed E-state index contributed by atoms with van der Waals surface area (Å²) in [5.41, 5.74) is -0.276. The summed E-state index contributed by atoms with van der Waals surface area (Å²) in [5.74, 6) is -2.64. The van der Waals surface area contributed by atoms with Crippen LogP contribution in [0.1, 0.15) is 20.8 Å². The lowest BCUT2D eigenvalue weighted by Gasteiger charge is -2.03. The first kappa shape index (κ1) is 12.6. The van der Waals surface area contributed by atoms with E-state index in [1.807, 2.05) is 0 Å². The molecule has 0 saturated carbocycles. The Labute approximate surface area is 95.5 Å². The molecular weight excluding hydrogens is 226 g/mol. The van der Waals surface area contributed by atoms with E-state index in [0.717, 1.165) is 0 Å². The standard InChI is InChI=1S/C11H7NO4.H2O/c13-10(14)7-5-6-3-1-2-4-8(6)12-9(7)11(15)16;/h1-5H,(H,13,14)(H,15,16);1H2. The molecule has 0 fully saturated rings. The lowest BCUT2D eigenvalue weighted by atomic mass is 10.1. The minimum atomic E-state index is -1.34. The number of fused-ring (bicyclic) bond motifs is 1. The molecule has 2 rings (SSSR count). The van der Waals surface area contributed by atoms with E-state index in [9.17, 15) is 9.59 Å². The van der Waals surface area contributed by atoms with Crippen molar-refractivity contribution in [3.63, 3.8) is 0 Å². The molecular formula is C11H9NO5. The first-order valence-corrected chi connectivity index (χ1v) is 4.46. The first-order valence-electron chi connectivity index (χ1n) is 4.46. The van der Waals surface area contributed by atoms with Crippen LogP contribution in [0.3, 0.4) is 0 Å². The average Bonchev–Trinajstić information content (AvgIpc) is 2.27. The van der Waals surface area contributed by atoms with E-state index in [2.05, 4.69) is 4.98 Å². The Bertz CT molecular complexity index is 541. The third-order valence-corrected chi connectivity index (χ3v) is 2.16. The number of carbonyl (C=O) groups is 2. The van der Waals surface area contributed by atoms with Gasteiger partial charge in [-0.1, -0.05) is 18.2 Å². The maximum atomic E-state index is 10.9. The van der Waals surface area contributed by atoms with E-state index in [1.54, 1.807) is 24.3 Å². The monoisotopic (exact) mass is 235 g/mol. The summed E-state index contributed by atoms with van der Waals surface area (Å²) in [4.78, 5) is 25.5. The van der Waals surface area contributed by atoms with E-state index in [4.69, 9.17) is 10.2 Å². The lowest BCUT2D eigenvalue weighted by molar-refractivity contribution is 0.0647. The molecule has 2 aromatic rings. The fourth-order valence-corrected chi connectivity index (χ4v) is 1.44. The molecule has 88 valence electrons. The Morgan fingerprint density at radius 3 is 2.29 bits per heavy atom. The van der Waals surface area contributed by atoms with Crippen molar-refractivity contribution in [1.82, 2.24) is 4.98 Å². The van der Waals surface area contributed by atoms with Gasteiger partial charge in [0.25, 0.3) is 0 Å². The Kier molecular flexibility index (Phi) is 3.40. The van der Waals surface area contributed by atoms with Crippen LogP contribution in [0.2, 0.25) is 0 Å². The predicted molar refractivity (Wildman–Crippen MR) is 59.3 cm³/mol. The minimum Gasteiger partial charge on any atom is -0.478 e. The van der Waals surface area contributed by atoms with Crippen LogP contribution in [0, 0.1) is 0 Å². The van der Waals surface area contributed by atoms with Crippen molar-refractivity contribution in [3.05, 3.63) is 41.6 Å². The zero-order chi connectivity index (χ0) is 11.7. The molecule has 1 heterocycles. The molecule has 0 aliphatic rings. The summed E-state index contributed by atoms with van der Waals surface area (Å²) in [5, 5.41) is 18.3. The molecule has 0 saturated heterocycles. The van der Waals surface area contributed by atoms with Crippen molar-refractivity contribution in [2.24, 2.45) is 0 Å². The number of nitrogens with zero attached hydrogens (tertiary/aromatic N) is 1. The van der Waals surface area contributed by atoms with Gasteiger partial charge in [-0.3, -0.25) is 0 Å². The molecule has 1 aromatic heterocycles. The molecule has 0 aliphatic carbocycles. The van der Waals surface area contributed by atoms with Crippen LogP contribution >= 0.6 is 0 Å². The summed E-state index contributed by atoms with van der Waals surface area (Å²) < 4.78 is 0. The van der Waals surface area contributed by atoms with Gasteiger partial charge in [-0.2, -0.15) is 0 Å². The summed E-state index contributed by atoms with van der Waals surface area (Å²) in [6.45, 7) is 0. The van der Waals surface area contributed by atoms with Crippen LogP contribution in [0.15, 0.2) is 30.3 Å². The summed E-state index contributed by atoms with van der Waals surface area (Å²) >= 11 is 0. The Morgan fingerprint density at radius 2 is 1.71 bits per heavy atom. The lowest BCUT2D eigenvalue weighted by Crippen LogP contribution is -2.10. The van der Waals surface area contributed by atoms with Crippen LogP contribution in [-0.4, -0.2) is 32.6 Å². The second-order valence-electron chi connectivity index (χ2n) is 3.19. The number of hydrogen-bond donors (Lipinski definition) is 2. The van der Waals surface area contributed by atoms with Crippen LogP contribution in [-0.2, 0) is 0 Å². The molecule has 6 nitrogen and oxygen atoms in total. The van der Waals surface area contributed by atoms with Crippen molar-refractivity contribution in [2.45, 2.75) is 0 Å². The largest absolute Gasteiger partial charge is 0.478 e. The van der Waals surface area contributed by atoms with Crippen molar-refractivity contribution < 1.29 is 25.3 Å². The van der Waals surface area contributed by atoms with Crippen molar-refractivity contribution in [3.8, 4) is 0 Å². The van der Waals surface area contributed by atoms with Gasteiger partial charge in [0.2, 0.25) is 0 Å². The maximum absolute atomic E-state index is 10.9. The average molecular weight is 235 g/mol. The highest BCUT2D eigenvalue weighted by Gasteiger charge is 2.18. The summed E-state index contributed by atoms with van der Waals surface area (Å²) in [7, 11) is 0. The predicted octanol–water partition coefficient (Wildman–Crippen LogP) is 0.806. The second kappa shape index (κ2) is 4.58. The molecule has 0 spiro atoms. The number of aromatic nitrogens is 1. The Hall–Kier alpha value is -2.47. The van der Waals surface area contributed by atoms with Gasteiger partial charge >= 0.3 is 11.9 Å². The van der Waals surface area contributed by atoms with Gasteiger partial charge in [0, 0.05) is 5.39 Å². The number of carboxylic acid groups (broad SMARTS) is 2. The number of benzene rings is 1. The normalized spacial score (nSPS) is 9.65. The van der Waals surface area contributed by atoms with Gasteiger partial charge in [0.15, 0.2) is 5.69 Å². The molecule has 0 atom stereocenters. The highest BCUT2D eigenvalue weighted by Crippen LogP contribution is 2.16. The zero-order valence-electron chi connectivity index (χ0n) is 8.54. The number of pyridine rings is 1. The molecule has 0 amide bonds. The highest BCUT2D eigenvalue weighted by molar-refractivity contribution is 6.03. The minimum absolute atomic E-state index is 0. The first-order chi connectivity index (χ1) is 7.59. The maximum Gasteiger partial charge on any atom is 0.355 e. The van der Waals surface area contributed by atoms with Gasteiger partial charge in [-0.15, -0.1) is 0 Å². The highest BCUT2D eigenvalue weighted by atomic mass is 16.4. The number of carboxylic acids is 2. The smallest absolute Gasteiger partial charge is 0.355 e. The Balaban J connectivity index is 0.00000144. The van der Waals surface area contributed by atoms with E-state index >= 15 is 0 Å². The SMILES string of the molecule is O.O=C(O)c1cc2ccccc2nc1C(=O)O. The van der Waals surface area contributed by atoms with Crippen molar-refractivity contribution in [1.29, 1.82) is 0 Å². The van der Waals surface area contributed by atoms with Crippen LogP contribution in [0.5, 0.6) is 0 Å². The topological polar surface area (TPSA) is 119 Å². The zero-order valence-corrected chi connectivity index (χ0v) is 8.54. The number of para-hydroxylation sites is 1.